The van der Waals surface area contributed by atoms with E-state index < -0.39 is 0 Å². The summed E-state index contributed by atoms with van der Waals surface area (Å²) in [7, 11) is 0. The molecular weight excluding hydrogens is 214 g/mol. The lowest BCUT2D eigenvalue weighted by Crippen LogP contribution is -2.50. The third-order valence-electron chi connectivity index (χ3n) is 4.00. The molecule has 0 aliphatic heterocycles. The zero-order valence-corrected chi connectivity index (χ0v) is 10.8. The molecule has 2 aliphatic rings. The van der Waals surface area contributed by atoms with Gasteiger partial charge >= 0.3 is 6.03 Å². The maximum atomic E-state index is 11.7. The van der Waals surface area contributed by atoms with E-state index in [4.69, 9.17) is 0 Å². The van der Waals surface area contributed by atoms with Crippen molar-refractivity contribution in [2.24, 2.45) is 0 Å². The normalized spacial score (nSPS) is 29.5. The van der Waals surface area contributed by atoms with Gasteiger partial charge in [-0.05, 0) is 51.5 Å². The number of rotatable bonds is 4. The summed E-state index contributed by atoms with van der Waals surface area (Å²) < 4.78 is 0. The van der Waals surface area contributed by atoms with Gasteiger partial charge in [0.05, 0.1) is 0 Å². The van der Waals surface area contributed by atoms with Crippen LogP contribution in [0.25, 0.3) is 0 Å². The number of nitrogens with one attached hydrogen (secondary N) is 3. The second-order valence-corrected chi connectivity index (χ2v) is 5.35. The minimum absolute atomic E-state index is 0.0431. The molecule has 4 nitrogen and oxygen atoms in total. The van der Waals surface area contributed by atoms with E-state index in [1.165, 1.54) is 19.3 Å². The van der Waals surface area contributed by atoms with E-state index in [0.29, 0.717) is 18.1 Å². The Hall–Kier alpha value is -0.770. The molecule has 0 heterocycles. The van der Waals surface area contributed by atoms with Crippen molar-refractivity contribution in [3.63, 3.8) is 0 Å². The first kappa shape index (κ1) is 12.7. The van der Waals surface area contributed by atoms with E-state index in [1.54, 1.807) is 0 Å². The van der Waals surface area contributed by atoms with Crippen molar-refractivity contribution < 1.29 is 4.79 Å². The zero-order valence-electron chi connectivity index (χ0n) is 10.8. The lowest BCUT2D eigenvalue weighted by atomic mass is 9.91. The molecule has 17 heavy (non-hydrogen) atoms. The number of hydrogen-bond acceptors (Lipinski definition) is 2. The van der Waals surface area contributed by atoms with Crippen LogP contribution in [0.2, 0.25) is 0 Å². The van der Waals surface area contributed by atoms with E-state index >= 15 is 0 Å². The Bertz CT molecular complexity index is 245. The first-order valence-corrected chi connectivity index (χ1v) is 7.08. The monoisotopic (exact) mass is 239 g/mol. The molecule has 0 atom stereocenters. The topological polar surface area (TPSA) is 53.2 Å². The Kier molecular flexibility index (Phi) is 4.66. The van der Waals surface area contributed by atoms with Crippen molar-refractivity contribution in [3.8, 4) is 0 Å². The fourth-order valence-corrected chi connectivity index (χ4v) is 2.70. The number of urea groups is 1. The summed E-state index contributed by atoms with van der Waals surface area (Å²) in [6.45, 7) is 3.20. The minimum Gasteiger partial charge on any atom is -0.335 e. The highest BCUT2D eigenvalue weighted by Gasteiger charge is 2.24. The smallest absolute Gasteiger partial charge is 0.315 e. The van der Waals surface area contributed by atoms with E-state index in [9.17, 15) is 4.79 Å². The molecule has 3 N–H and O–H groups in total. The maximum Gasteiger partial charge on any atom is 0.315 e. The van der Waals surface area contributed by atoms with Crippen molar-refractivity contribution >= 4 is 6.03 Å². The molecule has 2 aliphatic carbocycles. The summed E-state index contributed by atoms with van der Waals surface area (Å²) in [5, 5.41) is 9.62. The molecule has 0 aromatic heterocycles. The van der Waals surface area contributed by atoms with E-state index in [2.05, 4.69) is 22.9 Å². The fraction of sp³-hybridized carbons (Fsp3) is 0.923. The van der Waals surface area contributed by atoms with Crippen molar-refractivity contribution in [3.05, 3.63) is 0 Å². The van der Waals surface area contributed by atoms with Gasteiger partial charge in [0.15, 0.2) is 0 Å². The van der Waals surface area contributed by atoms with Crippen LogP contribution in [-0.2, 0) is 0 Å². The van der Waals surface area contributed by atoms with Crippen LogP contribution < -0.4 is 16.0 Å². The predicted molar refractivity (Wildman–Crippen MR) is 69.0 cm³/mol. The Balaban J connectivity index is 1.61. The standard InChI is InChI=1S/C13H25N3O/c1-2-14-10-6-8-12(9-7-10)16-13(17)15-11-4-3-5-11/h10-12,14H,2-9H2,1H3,(H2,15,16,17). The van der Waals surface area contributed by atoms with Gasteiger partial charge in [-0.2, -0.15) is 0 Å². The second kappa shape index (κ2) is 6.24. The van der Waals surface area contributed by atoms with Gasteiger partial charge in [0.25, 0.3) is 0 Å². The highest BCUT2D eigenvalue weighted by Crippen LogP contribution is 2.20. The molecule has 0 radical (unpaired) electrons. The zero-order chi connectivity index (χ0) is 12.1. The highest BCUT2D eigenvalue weighted by atomic mass is 16.2. The summed E-state index contributed by atoms with van der Waals surface area (Å²) in [6.07, 6.45) is 8.15. The van der Waals surface area contributed by atoms with Crippen LogP contribution in [0.1, 0.15) is 51.9 Å². The molecule has 0 saturated heterocycles. The highest BCUT2D eigenvalue weighted by molar-refractivity contribution is 5.74. The van der Waals surface area contributed by atoms with E-state index in [0.717, 1.165) is 32.2 Å². The van der Waals surface area contributed by atoms with Crippen LogP contribution in [0.4, 0.5) is 4.79 Å². The molecule has 2 saturated carbocycles. The van der Waals surface area contributed by atoms with E-state index in [-0.39, 0.29) is 6.03 Å². The van der Waals surface area contributed by atoms with Crippen LogP contribution in [0.15, 0.2) is 0 Å². The molecular formula is C13H25N3O. The summed E-state index contributed by atoms with van der Waals surface area (Å²) in [5.41, 5.74) is 0. The summed E-state index contributed by atoms with van der Waals surface area (Å²) in [5.74, 6) is 0. The predicted octanol–water partition coefficient (Wildman–Crippen LogP) is 1.76. The summed E-state index contributed by atoms with van der Waals surface area (Å²) in [6, 6.07) is 1.52. The Morgan fingerprint density at radius 1 is 0.941 bits per heavy atom. The lowest BCUT2D eigenvalue weighted by molar-refractivity contribution is 0.218. The van der Waals surface area contributed by atoms with Gasteiger partial charge in [-0.15, -0.1) is 0 Å². The average Bonchev–Trinajstić information content (AvgIpc) is 2.27. The summed E-state index contributed by atoms with van der Waals surface area (Å²) >= 11 is 0. The number of amides is 2. The molecule has 2 fully saturated rings. The molecule has 0 spiro atoms. The van der Waals surface area contributed by atoms with Crippen LogP contribution >= 0.6 is 0 Å². The maximum absolute atomic E-state index is 11.7. The molecule has 2 amide bonds. The molecule has 0 bridgehead atoms. The Morgan fingerprint density at radius 2 is 1.47 bits per heavy atom. The quantitative estimate of drug-likeness (QED) is 0.700. The second-order valence-electron chi connectivity index (χ2n) is 5.35. The van der Waals surface area contributed by atoms with Crippen molar-refractivity contribution in [2.45, 2.75) is 70.0 Å². The van der Waals surface area contributed by atoms with Crippen LogP contribution in [0.5, 0.6) is 0 Å². The first-order chi connectivity index (χ1) is 8.28. The average molecular weight is 239 g/mol. The van der Waals surface area contributed by atoms with Gasteiger partial charge in [0, 0.05) is 18.1 Å². The molecule has 98 valence electrons. The number of hydrogen-bond donors (Lipinski definition) is 3. The number of carbonyl (C=O) groups excluding carboxylic acids is 1. The fourth-order valence-electron chi connectivity index (χ4n) is 2.70. The first-order valence-electron chi connectivity index (χ1n) is 7.08. The van der Waals surface area contributed by atoms with E-state index in [1.807, 2.05) is 0 Å². The Morgan fingerprint density at radius 3 is 1.94 bits per heavy atom. The molecule has 0 aromatic carbocycles. The van der Waals surface area contributed by atoms with Gasteiger partial charge in [0.1, 0.15) is 0 Å². The van der Waals surface area contributed by atoms with Crippen molar-refractivity contribution in [2.75, 3.05) is 6.54 Å². The molecule has 0 aromatic rings. The number of carbonyl (C=O) groups is 1. The Labute approximate surface area is 104 Å². The molecule has 4 heteroatoms. The molecule has 0 unspecified atom stereocenters. The van der Waals surface area contributed by atoms with Crippen LogP contribution in [-0.4, -0.2) is 30.7 Å². The molecule has 2 rings (SSSR count). The van der Waals surface area contributed by atoms with Gasteiger partial charge in [-0.3, -0.25) is 0 Å². The minimum atomic E-state index is 0.0431. The third-order valence-corrected chi connectivity index (χ3v) is 4.00. The van der Waals surface area contributed by atoms with Crippen LogP contribution in [0.3, 0.4) is 0 Å². The van der Waals surface area contributed by atoms with Gasteiger partial charge in [0.2, 0.25) is 0 Å². The van der Waals surface area contributed by atoms with Crippen molar-refractivity contribution in [1.82, 2.24) is 16.0 Å². The van der Waals surface area contributed by atoms with Crippen molar-refractivity contribution in [1.29, 1.82) is 0 Å². The van der Waals surface area contributed by atoms with Gasteiger partial charge in [-0.1, -0.05) is 6.92 Å². The lowest BCUT2D eigenvalue weighted by Gasteiger charge is -2.31. The van der Waals surface area contributed by atoms with Gasteiger partial charge in [-0.25, -0.2) is 4.79 Å². The summed E-state index contributed by atoms with van der Waals surface area (Å²) in [4.78, 5) is 11.7. The SMILES string of the molecule is CCNC1CCC(NC(=O)NC2CCC2)CC1. The van der Waals surface area contributed by atoms with Crippen LogP contribution in [0, 0.1) is 0 Å². The van der Waals surface area contributed by atoms with Gasteiger partial charge < -0.3 is 16.0 Å². The third kappa shape index (κ3) is 3.87. The largest absolute Gasteiger partial charge is 0.335 e.